The van der Waals surface area contributed by atoms with Gasteiger partial charge in [-0.3, -0.25) is 0 Å². The van der Waals surface area contributed by atoms with Crippen LogP contribution < -0.4 is 4.90 Å². The Labute approximate surface area is 317 Å². The van der Waals surface area contributed by atoms with Gasteiger partial charge in [-0.25, -0.2) is 0 Å². The predicted molar refractivity (Wildman–Crippen MR) is 232 cm³/mol. The normalized spacial score (nSPS) is 11.9. The highest BCUT2D eigenvalue weighted by Gasteiger charge is 2.19. The molecule has 53 heavy (non-hydrogen) atoms. The fourth-order valence-corrected chi connectivity index (χ4v) is 9.76. The molecule has 0 saturated heterocycles. The number of fused-ring (bicyclic) bond motifs is 6. The Kier molecular flexibility index (Phi) is 7.94. The first-order valence-electron chi connectivity index (χ1n) is 17.9. The van der Waals surface area contributed by atoms with Crippen molar-refractivity contribution in [2.75, 3.05) is 4.90 Å². The lowest BCUT2D eigenvalue weighted by molar-refractivity contribution is 1.30. The van der Waals surface area contributed by atoms with Crippen molar-refractivity contribution in [2.24, 2.45) is 0 Å². The van der Waals surface area contributed by atoms with Gasteiger partial charge in [-0.2, -0.15) is 0 Å². The van der Waals surface area contributed by atoms with Gasteiger partial charge >= 0.3 is 0 Å². The Bertz CT molecular complexity index is 2920. The highest BCUT2D eigenvalue weighted by molar-refractivity contribution is 7.26. The number of hydrogen-bond donors (Lipinski definition) is 0. The third-order valence-corrected chi connectivity index (χ3v) is 12.4. The number of rotatable bonds is 7. The van der Waals surface area contributed by atoms with E-state index in [1.807, 2.05) is 22.7 Å². The van der Waals surface area contributed by atoms with E-state index in [0.29, 0.717) is 0 Å². The molecule has 250 valence electrons. The van der Waals surface area contributed by atoms with Crippen LogP contribution in [0.2, 0.25) is 0 Å². The maximum absolute atomic E-state index is 2.42. The van der Waals surface area contributed by atoms with Gasteiger partial charge in [0.15, 0.2) is 0 Å². The van der Waals surface area contributed by atoms with Crippen molar-refractivity contribution in [1.82, 2.24) is 0 Å². The topological polar surface area (TPSA) is 3.24 Å². The molecule has 0 unspecified atom stereocenters. The average Bonchev–Trinajstić information content (AvgIpc) is 3.79. The van der Waals surface area contributed by atoms with Crippen LogP contribution in [-0.2, 0) is 0 Å². The molecule has 0 amide bonds. The summed E-state index contributed by atoms with van der Waals surface area (Å²) < 4.78 is 5.18. The molecule has 0 aliphatic heterocycles. The minimum Gasteiger partial charge on any atom is -0.310 e. The van der Waals surface area contributed by atoms with E-state index in [2.05, 4.69) is 205 Å². The van der Waals surface area contributed by atoms with E-state index in [-0.39, 0.29) is 0 Å². The number of nitrogens with zero attached hydrogens (tertiary/aromatic N) is 1. The summed E-state index contributed by atoms with van der Waals surface area (Å²) in [5.74, 6) is 0. The van der Waals surface area contributed by atoms with Gasteiger partial charge < -0.3 is 4.90 Å². The van der Waals surface area contributed by atoms with Crippen LogP contribution in [0.3, 0.4) is 0 Å². The molecule has 0 aliphatic rings. The summed E-state index contributed by atoms with van der Waals surface area (Å²) in [6.07, 6.45) is 2.33. The zero-order valence-corrected chi connectivity index (χ0v) is 30.4. The van der Waals surface area contributed by atoms with Crippen LogP contribution in [0.1, 0.15) is 16.7 Å². The third-order valence-electron chi connectivity index (χ3n) is 10.1. The minimum atomic E-state index is 1.12. The summed E-state index contributed by atoms with van der Waals surface area (Å²) >= 11 is 3.72. The number of anilines is 3. The van der Waals surface area contributed by atoms with E-state index in [9.17, 15) is 0 Å². The Balaban J connectivity index is 1.18. The molecule has 10 aromatic rings. The van der Waals surface area contributed by atoms with Crippen molar-refractivity contribution in [3.05, 3.63) is 211 Å². The third kappa shape index (κ3) is 5.81. The van der Waals surface area contributed by atoms with Gasteiger partial charge in [0.2, 0.25) is 0 Å². The predicted octanol–water partition coefficient (Wildman–Crippen LogP) is 15.1. The Morgan fingerprint density at radius 3 is 1.70 bits per heavy atom. The average molecular weight is 712 g/mol. The Hall–Kier alpha value is -6.26. The van der Waals surface area contributed by atoms with Crippen molar-refractivity contribution in [1.29, 1.82) is 0 Å². The summed E-state index contributed by atoms with van der Waals surface area (Å²) in [6, 6.07) is 70.5. The second-order valence-corrected chi connectivity index (χ2v) is 15.5. The maximum Gasteiger partial charge on any atom is 0.0468 e. The number of thiophene rings is 2. The lowest BCUT2D eigenvalue weighted by Gasteiger charge is -2.26. The summed E-state index contributed by atoms with van der Waals surface area (Å²) in [4.78, 5) is 2.42. The second kappa shape index (κ2) is 13.4. The molecule has 0 saturated carbocycles. The minimum absolute atomic E-state index is 1.12. The highest BCUT2D eigenvalue weighted by Crippen LogP contribution is 2.45. The van der Waals surface area contributed by atoms with E-state index >= 15 is 0 Å². The molecule has 0 spiro atoms. The fraction of sp³-hybridized carbons (Fsp3) is 0. The molecule has 3 heteroatoms. The smallest absolute Gasteiger partial charge is 0.0468 e. The summed E-state index contributed by atoms with van der Waals surface area (Å²) in [7, 11) is 0. The number of benzene rings is 8. The molecule has 0 bridgehead atoms. The van der Waals surface area contributed by atoms with Crippen LogP contribution in [-0.4, -0.2) is 0 Å². The van der Waals surface area contributed by atoms with Gasteiger partial charge in [0.05, 0.1) is 0 Å². The molecule has 1 nitrogen and oxygen atoms in total. The van der Waals surface area contributed by atoms with E-state index in [1.165, 1.54) is 73.7 Å². The highest BCUT2D eigenvalue weighted by atomic mass is 32.1. The van der Waals surface area contributed by atoms with Crippen molar-refractivity contribution in [2.45, 2.75) is 0 Å². The summed E-state index contributed by atoms with van der Waals surface area (Å²) in [5, 5.41) is 5.15. The Morgan fingerprint density at radius 1 is 0.396 bits per heavy atom. The maximum atomic E-state index is 2.42. The quantitative estimate of drug-likeness (QED) is 0.149. The van der Waals surface area contributed by atoms with Gasteiger partial charge in [0.1, 0.15) is 0 Å². The standard InChI is InChI=1S/C50H33NS2/c1-4-13-34(14-5-1)31-43(37-17-8-3-9-18-37)42-20-12-22-49-50(42)45-33-40(28-30-48(45)53-49)51(38-25-23-36(24-26-38)35-15-6-2-7-16-35)39-27-29-47-44(32-39)41-19-10-11-21-46(41)52-47/h1-33H. The largest absolute Gasteiger partial charge is 0.310 e. The van der Waals surface area contributed by atoms with Gasteiger partial charge in [-0.15, -0.1) is 22.7 Å². The van der Waals surface area contributed by atoms with Gasteiger partial charge in [0, 0.05) is 57.4 Å². The zero-order chi connectivity index (χ0) is 35.1. The van der Waals surface area contributed by atoms with E-state index < -0.39 is 0 Å². The second-order valence-electron chi connectivity index (χ2n) is 13.3. The molecule has 2 heterocycles. The van der Waals surface area contributed by atoms with Crippen molar-refractivity contribution in [3.63, 3.8) is 0 Å². The summed E-state index contributed by atoms with van der Waals surface area (Å²) in [5.41, 5.74) is 10.7. The van der Waals surface area contributed by atoms with Crippen LogP contribution in [0.25, 0.3) is 63.1 Å². The lowest BCUT2D eigenvalue weighted by atomic mass is 9.92. The van der Waals surface area contributed by atoms with Crippen molar-refractivity contribution < 1.29 is 0 Å². The lowest BCUT2D eigenvalue weighted by Crippen LogP contribution is -2.09. The molecule has 0 atom stereocenters. The first-order chi connectivity index (χ1) is 26.3. The van der Waals surface area contributed by atoms with E-state index in [0.717, 1.165) is 17.1 Å². The van der Waals surface area contributed by atoms with E-state index in [1.54, 1.807) is 0 Å². The number of hydrogen-bond acceptors (Lipinski definition) is 3. The molecule has 2 aromatic heterocycles. The fourth-order valence-electron chi connectivity index (χ4n) is 7.56. The first kappa shape index (κ1) is 31.5. The van der Waals surface area contributed by atoms with Gasteiger partial charge in [0.25, 0.3) is 0 Å². The molecule has 8 aromatic carbocycles. The molecule has 0 radical (unpaired) electrons. The van der Waals surface area contributed by atoms with Crippen LogP contribution in [0.15, 0.2) is 194 Å². The van der Waals surface area contributed by atoms with Gasteiger partial charge in [-0.1, -0.05) is 133 Å². The van der Waals surface area contributed by atoms with Crippen molar-refractivity contribution >= 4 is 91.7 Å². The van der Waals surface area contributed by atoms with Crippen LogP contribution in [0.5, 0.6) is 0 Å². The zero-order valence-electron chi connectivity index (χ0n) is 28.8. The molecule has 0 aliphatic carbocycles. The molecular weight excluding hydrogens is 679 g/mol. The van der Waals surface area contributed by atoms with Gasteiger partial charge in [-0.05, 0) is 100 Å². The molecular formula is C50H33NS2. The SMILES string of the molecule is C(=C(c1ccccc1)c1cccc2sc3ccc(N(c4ccc(-c5ccccc5)cc4)c4ccc5sc6ccccc6c5c4)cc3c12)c1ccccc1. The van der Waals surface area contributed by atoms with Crippen LogP contribution in [0, 0.1) is 0 Å². The first-order valence-corrected chi connectivity index (χ1v) is 19.5. The summed E-state index contributed by atoms with van der Waals surface area (Å²) in [6.45, 7) is 0. The van der Waals surface area contributed by atoms with Crippen molar-refractivity contribution in [3.8, 4) is 11.1 Å². The Morgan fingerprint density at radius 2 is 0.943 bits per heavy atom. The van der Waals surface area contributed by atoms with Crippen LogP contribution in [0.4, 0.5) is 17.1 Å². The molecule has 0 N–H and O–H groups in total. The van der Waals surface area contributed by atoms with Crippen LogP contribution >= 0.6 is 22.7 Å². The molecule has 0 fully saturated rings. The van der Waals surface area contributed by atoms with E-state index in [4.69, 9.17) is 0 Å². The molecule has 10 rings (SSSR count). The monoisotopic (exact) mass is 711 g/mol.